The van der Waals surface area contributed by atoms with Crippen molar-refractivity contribution in [2.45, 2.75) is 32.8 Å². The Labute approximate surface area is 200 Å². The lowest BCUT2D eigenvalue weighted by Gasteiger charge is -2.16. The Balaban J connectivity index is 0.000000297. The SMILES string of the molecule is CC(C)OS(=O)(=O)[O-].c1ccc(-c2cc(-c3ccccc3)c3c([o+]2)-c2ccccc2CC3)cc1. The molecule has 1 aromatic heterocycles. The third-order valence-corrected chi connectivity index (χ3v) is 6.07. The molecule has 0 unspecified atom stereocenters. The zero-order valence-corrected chi connectivity index (χ0v) is 19.9. The molecule has 1 aliphatic carbocycles. The Morgan fingerprint density at radius 3 is 1.97 bits per heavy atom. The third kappa shape index (κ3) is 5.78. The molecule has 34 heavy (non-hydrogen) atoms. The number of hydrogen-bond acceptors (Lipinski definition) is 4. The second kappa shape index (κ2) is 10.3. The summed E-state index contributed by atoms with van der Waals surface area (Å²) in [6.45, 7) is 2.94. The van der Waals surface area contributed by atoms with Crippen molar-refractivity contribution in [1.29, 1.82) is 0 Å². The van der Waals surface area contributed by atoms with Crippen LogP contribution in [-0.2, 0) is 27.4 Å². The molecule has 3 aromatic carbocycles. The zero-order valence-electron chi connectivity index (χ0n) is 19.1. The maximum atomic E-state index is 9.66. The molecule has 4 aromatic rings. The van der Waals surface area contributed by atoms with Crippen molar-refractivity contribution in [3.8, 4) is 33.8 Å². The van der Waals surface area contributed by atoms with Gasteiger partial charge in [-0.2, -0.15) is 0 Å². The summed E-state index contributed by atoms with van der Waals surface area (Å²) in [5.74, 6) is 1.94. The molecule has 5 nitrogen and oxygen atoms in total. The van der Waals surface area contributed by atoms with Crippen LogP contribution in [0.5, 0.6) is 0 Å². The van der Waals surface area contributed by atoms with E-state index in [1.54, 1.807) is 0 Å². The molecule has 174 valence electrons. The van der Waals surface area contributed by atoms with Gasteiger partial charge in [0.15, 0.2) is 0 Å². The van der Waals surface area contributed by atoms with E-state index in [-0.39, 0.29) is 0 Å². The van der Waals surface area contributed by atoms with E-state index in [1.807, 2.05) is 6.07 Å². The molecule has 0 aliphatic heterocycles. The fourth-order valence-electron chi connectivity index (χ4n) is 4.08. The van der Waals surface area contributed by atoms with E-state index < -0.39 is 16.5 Å². The summed E-state index contributed by atoms with van der Waals surface area (Å²) in [4.78, 5) is 0. The van der Waals surface area contributed by atoms with Gasteiger partial charge >= 0.3 is 11.5 Å². The first-order chi connectivity index (χ1) is 16.3. The van der Waals surface area contributed by atoms with E-state index in [2.05, 4.69) is 89.1 Å². The van der Waals surface area contributed by atoms with Crippen LogP contribution in [0.25, 0.3) is 33.8 Å². The molecular weight excluding hydrogens is 448 g/mol. The Kier molecular flexibility index (Phi) is 7.22. The molecule has 0 atom stereocenters. The van der Waals surface area contributed by atoms with Gasteiger partial charge < -0.3 is 4.55 Å². The van der Waals surface area contributed by atoms with Crippen LogP contribution < -0.4 is 0 Å². The monoisotopic (exact) mass is 474 g/mol. The van der Waals surface area contributed by atoms with Crippen LogP contribution in [0.15, 0.2) is 95.4 Å². The summed E-state index contributed by atoms with van der Waals surface area (Å²) < 4.78 is 39.3. The zero-order chi connectivity index (χ0) is 24.1. The smallest absolute Gasteiger partial charge is 0.364 e. The van der Waals surface area contributed by atoms with Crippen molar-refractivity contribution in [2.24, 2.45) is 0 Å². The molecule has 0 radical (unpaired) electrons. The average molecular weight is 475 g/mol. The standard InChI is InChI=1S/C25H19O.C3H8O4S/c1-3-9-18(10-4-1)23-17-24(20-12-5-2-6-13-20)26-25-21-14-8-7-11-19(21)15-16-22(23)25;1-3(2)7-8(4,5)6/h1-14,17H,15-16H2;3H,1-2H3,(H,4,5,6)/q+1;/p-1. The fraction of sp³-hybridized carbons (Fsp3) is 0.179. The van der Waals surface area contributed by atoms with Gasteiger partial charge in [0.05, 0.1) is 28.9 Å². The third-order valence-electron chi connectivity index (χ3n) is 5.45. The normalized spacial score (nSPS) is 12.4. The average Bonchev–Trinajstić information content (AvgIpc) is 2.83. The lowest BCUT2D eigenvalue weighted by Crippen LogP contribution is -2.10. The van der Waals surface area contributed by atoms with Crippen molar-refractivity contribution in [3.63, 3.8) is 0 Å². The molecule has 0 saturated carbocycles. The summed E-state index contributed by atoms with van der Waals surface area (Å²) in [7, 11) is -4.47. The molecule has 5 rings (SSSR count). The van der Waals surface area contributed by atoms with Crippen LogP contribution >= 0.6 is 0 Å². The van der Waals surface area contributed by atoms with Gasteiger partial charge in [-0.1, -0.05) is 66.7 Å². The minimum absolute atomic E-state index is 0.558. The van der Waals surface area contributed by atoms with Gasteiger partial charge in [0.1, 0.15) is 0 Å². The Morgan fingerprint density at radius 1 is 0.794 bits per heavy atom. The predicted molar refractivity (Wildman–Crippen MR) is 133 cm³/mol. The van der Waals surface area contributed by atoms with Crippen molar-refractivity contribution in [3.05, 3.63) is 102 Å². The number of hydrogen-bond donors (Lipinski definition) is 0. The van der Waals surface area contributed by atoms with Gasteiger partial charge in [0.25, 0.3) is 0 Å². The number of benzene rings is 3. The second-order valence-corrected chi connectivity index (χ2v) is 9.28. The van der Waals surface area contributed by atoms with E-state index in [4.69, 9.17) is 4.42 Å². The van der Waals surface area contributed by atoms with Gasteiger partial charge in [-0.3, -0.25) is 4.18 Å². The second-order valence-electron chi connectivity index (χ2n) is 8.27. The van der Waals surface area contributed by atoms with Crippen LogP contribution in [-0.4, -0.2) is 19.1 Å². The summed E-state index contributed by atoms with van der Waals surface area (Å²) in [6, 6.07) is 31.8. The van der Waals surface area contributed by atoms with Crippen LogP contribution in [0, 0.1) is 0 Å². The Morgan fingerprint density at radius 2 is 1.38 bits per heavy atom. The lowest BCUT2D eigenvalue weighted by atomic mass is 9.85. The molecule has 0 fully saturated rings. The van der Waals surface area contributed by atoms with E-state index >= 15 is 0 Å². The Hall–Kier alpha value is -3.32. The maximum absolute atomic E-state index is 9.66. The lowest BCUT2D eigenvalue weighted by molar-refractivity contribution is 0.209. The first-order valence-corrected chi connectivity index (χ1v) is 12.5. The molecule has 0 N–H and O–H groups in total. The van der Waals surface area contributed by atoms with Crippen LogP contribution in [0.2, 0.25) is 0 Å². The molecule has 0 saturated heterocycles. The minimum atomic E-state index is -4.47. The van der Waals surface area contributed by atoms with Crippen molar-refractivity contribution in [2.75, 3.05) is 0 Å². The quantitative estimate of drug-likeness (QED) is 0.191. The van der Waals surface area contributed by atoms with E-state index in [9.17, 15) is 13.0 Å². The summed E-state index contributed by atoms with van der Waals surface area (Å²) >= 11 is 0. The minimum Gasteiger partial charge on any atom is -0.726 e. The molecule has 0 amide bonds. The molecular formula is C28H26O5S. The summed E-state index contributed by atoms with van der Waals surface area (Å²) in [5.41, 5.74) is 7.54. The van der Waals surface area contributed by atoms with E-state index in [0.717, 1.165) is 29.9 Å². The summed E-state index contributed by atoms with van der Waals surface area (Å²) in [6.07, 6.45) is 1.51. The fourth-order valence-corrected chi connectivity index (χ4v) is 4.55. The highest BCUT2D eigenvalue weighted by atomic mass is 32.3. The number of aryl methyl sites for hydroxylation is 1. The van der Waals surface area contributed by atoms with Gasteiger partial charge in [-0.15, -0.1) is 0 Å². The number of fused-ring (bicyclic) bond motifs is 3. The van der Waals surface area contributed by atoms with Gasteiger partial charge in [0, 0.05) is 5.56 Å². The first kappa shape index (κ1) is 23.8. The number of rotatable bonds is 4. The highest BCUT2D eigenvalue weighted by molar-refractivity contribution is 7.80. The van der Waals surface area contributed by atoms with Gasteiger partial charge in [-0.25, -0.2) is 12.8 Å². The van der Waals surface area contributed by atoms with Gasteiger partial charge in [-0.05, 0) is 56.0 Å². The highest BCUT2D eigenvalue weighted by Crippen LogP contribution is 2.41. The predicted octanol–water partition coefficient (Wildman–Crippen LogP) is 6.53. The maximum Gasteiger partial charge on any atom is 0.364 e. The van der Waals surface area contributed by atoms with Crippen molar-refractivity contribution < 1.29 is 21.6 Å². The topological polar surface area (TPSA) is 77.7 Å². The van der Waals surface area contributed by atoms with E-state index in [0.29, 0.717) is 0 Å². The van der Waals surface area contributed by atoms with Crippen LogP contribution in [0.1, 0.15) is 25.0 Å². The molecule has 0 bridgehead atoms. The van der Waals surface area contributed by atoms with Crippen molar-refractivity contribution >= 4 is 10.4 Å². The largest absolute Gasteiger partial charge is 0.726 e. The van der Waals surface area contributed by atoms with Crippen LogP contribution in [0.3, 0.4) is 0 Å². The summed E-state index contributed by atoms with van der Waals surface area (Å²) in [5, 5.41) is 0. The first-order valence-electron chi connectivity index (χ1n) is 11.1. The highest BCUT2D eigenvalue weighted by Gasteiger charge is 2.31. The van der Waals surface area contributed by atoms with E-state index in [1.165, 1.54) is 41.7 Å². The molecule has 6 heteroatoms. The Bertz CT molecular complexity index is 1350. The molecule has 1 heterocycles. The van der Waals surface area contributed by atoms with Crippen LogP contribution in [0.4, 0.5) is 0 Å². The molecule has 0 spiro atoms. The van der Waals surface area contributed by atoms with Crippen molar-refractivity contribution in [1.82, 2.24) is 0 Å². The molecule has 1 aliphatic rings. The van der Waals surface area contributed by atoms with Gasteiger partial charge in [0.2, 0.25) is 10.4 Å².